The van der Waals surface area contributed by atoms with Gasteiger partial charge in [0.2, 0.25) is 0 Å². The van der Waals surface area contributed by atoms with E-state index < -0.39 is 11.9 Å². The Labute approximate surface area is 128 Å². The van der Waals surface area contributed by atoms with Crippen LogP contribution in [-0.2, 0) is 9.59 Å². The molecule has 0 radical (unpaired) electrons. The zero-order valence-corrected chi connectivity index (χ0v) is 13.3. The topological polar surface area (TPSA) is 101 Å². The summed E-state index contributed by atoms with van der Waals surface area (Å²) in [6.07, 6.45) is 1.17. The fourth-order valence-electron chi connectivity index (χ4n) is 2.25. The predicted octanol–water partition coefficient (Wildman–Crippen LogP) is 1.23. The lowest BCUT2D eigenvalue weighted by Crippen LogP contribution is -2.42. The van der Waals surface area contributed by atoms with Crippen molar-refractivity contribution in [2.24, 2.45) is 17.6 Å². The molecule has 0 saturated carbocycles. The summed E-state index contributed by atoms with van der Waals surface area (Å²) in [7, 11) is 0. The van der Waals surface area contributed by atoms with Crippen LogP contribution in [0, 0.1) is 11.8 Å². The molecule has 0 aliphatic carbocycles. The Morgan fingerprint density at radius 1 is 1.29 bits per heavy atom. The van der Waals surface area contributed by atoms with Crippen molar-refractivity contribution in [2.75, 3.05) is 13.1 Å². The van der Waals surface area contributed by atoms with E-state index in [0.29, 0.717) is 25.9 Å². The number of carbonyl (C=O) groups is 3. The normalized spacial score (nSPS) is 14.4. The van der Waals surface area contributed by atoms with Crippen LogP contribution in [0.25, 0.3) is 0 Å². The zero-order chi connectivity index (χ0) is 17.1. The summed E-state index contributed by atoms with van der Waals surface area (Å²) in [5, 5.41) is 5.60. The summed E-state index contributed by atoms with van der Waals surface area (Å²) in [5.41, 5.74) is 4.97. The van der Waals surface area contributed by atoms with Gasteiger partial charge in [0.25, 0.3) is 0 Å². The molecule has 2 amide bonds. The summed E-state index contributed by atoms with van der Waals surface area (Å²) in [6.45, 7) is 6.59. The summed E-state index contributed by atoms with van der Waals surface area (Å²) in [4.78, 5) is 34.8. The molecule has 0 heterocycles. The largest absolute Gasteiger partial charge is 0.352 e. The third-order valence-corrected chi connectivity index (χ3v) is 3.37. The maximum Gasteiger partial charge on any atom is 0.312 e. The molecule has 6 heteroatoms. The fourth-order valence-corrected chi connectivity index (χ4v) is 2.25. The maximum atomic E-state index is 12.4. The molecule has 0 unspecified atom stereocenters. The van der Waals surface area contributed by atoms with Gasteiger partial charge in [-0.2, -0.15) is 0 Å². The highest BCUT2D eigenvalue weighted by Gasteiger charge is 2.25. The van der Waals surface area contributed by atoms with Gasteiger partial charge in [-0.1, -0.05) is 20.8 Å². The zero-order valence-electron chi connectivity index (χ0n) is 14.3. The molecule has 0 bridgehead atoms. The van der Waals surface area contributed by atoms with Gasteiger partial charge in [-0.05, 0) is 32.2 Å². The van der Waals surface area contributed by atoms with Crippen LogP contribution in [0.3, 0.4) is 0 Å². The molecule has 0 saturated heterocycles. The minimum absolute atomic E-state index is 0.00603. The summed E-state index contributed by atoms with van der Waals surface area (Å²) in [6, 6.07) is -0.874. The molecule has 122 valence electrons. The van der Waals surface area contributed by atoms with Gasteiger partial charge in [-0.15, -0.1) is 0 Å². The molecular weight excluding hydrogens is 270 g/mol. The maximum absolute atomic E-state index is 12.4. The first-order chi connectivity index (χ1) is 10.3. The van der Waals surface area contributed by atoms with Gasteiger partial charge in [0.05, 0.1) is 6.04 Å². The van der Waals surface area contributed by atoms with Crippen LogP contribution in [0.4, 0.5) is 4.79 Å². The van der Waals surface area contributed by atoms with E-state index >= 15 is 0 Å². The van der Waals surface area contributed by atoms with Crippen LogP contribution < -0.4 is 16.4 Å². The van der Waals surface area contributed by atoms with Crippen molar-refractivity contribution in [1.29, 1.82) is 0 Å². The Kier molecular flexibility index (Phi) is 8.66. The highest BCUT2D eigenvalue weighted by Crippen LogP contribution is 2.16. The standard InChI is InChI=1S/C15H29N3O3/c1-5-17-14(10(2)3)13(20)9-12(11(4)19)7-6-8-18-15(16)21/h10,12,14,17H,5-9H2,1-4H3,(H3,16,18,21)/t12-,14+/m1/s1/i4D. The van der Waals surface area contributed by atoms with Gasteiger partial charge in [0.15, 0.2) is 5.78 Å². The van der Waals surface area contributed by atoms with E-state index in [9.17, 15) is 14.4 Å². The quantitative estimate of drug-likeness (QED) is 0.499. The summed E-state index contributed by atoms with van der Waals surface area (Å²) >= 11 is 0. The monoisotopic (exact) mass is 300 g/mol. The average molecular weight is 300 g/mol. The Morgan fingerprint density at radius 2 is 1.95 bits per heavy atom. The number of primary amides is 1. The van der Waals surface area contributed by atoms with Crippen molar-refractivity contribution in [2.45, 2.75) is 53.0 Å². The molecule has 0 aliphatic heterocycles. The molecule has 0 rings (SSSR count). The number of hydrogen-bond acceptors (Lipinski definition) is 4. The van der Waals surface area contributed by atoms with Crippen LogP contribution >= 0.6 is 0 Å². The number of rotatable bonds is 11. The van der Waals surface area contributed by atoms with Crippen molar-refractivity contribution in [3.8, 4) is 0 Å². The molecule has 0 aromatic heterocycles. The number of Topliss-reactive ketones (excluding diaryl/α,β-unsaturated/α-hetero) is 2. The minimum atomic E-state index is -0.605. The molecule has 0 aromatic rings. The van der Waals surface area contributed by atoms with E-state index in [1.165, 1.54) is 0 Å². The highest BCUT2D eigenvalue weighted by molar-refractivity contribution is 5.89. The lowest BCUT2D eigenvalue weighted by atomic mass is 9.88. The van der Waals surface area contributed by atoms with Crippen molar-refractivity contribution in [3.05, 3.63) is 0 Å². The molecule has 6 nitrogen and oxygen atoms in total. The molecule has 4 N–H and O–H groups in total. The lowest BCUT2D eigenvalue weighted by molar-refractivity contribution is -0.128. The number of urea groups is 1. The second-order valence-electron chi connectivity index (χ2n) is 5.55. The number of hydrogen-bond donors (Lipinski definition) is 3. The van der Waals surface area contributed by atoms with Gasteiger partial charge in [-0.3, -0.25) is 9.59 Å². The average Bonchev–Trinajstić information content (AvgIpc) is 2.46. The van der Waals surface area contributed by atoms with E-state index in [1.54, 1.807) is 0 Å². The van der Waals surface area contributed by atoms with Crippen LogP contribution in [0.2, 0.25) is 0 Å². The van der Waals surface area contributed by atoms with E-state index in [0.717, 1.165) is 0 Å². The van der Waals surface area contributed by atoms with Gasteiger partial charge in [0.1, 0.15) is 5.78 Å². The van der Waals surface area contributed by atoms with Crippen molar-refractivity contribution in [3.63, 3.8) is 0 Å². The number of ketones is 2. The van der Waals surface area contributed by atoms with E-state index in [-0.39, 0.29) is 36.8 Å². The third kappa shape index (κ3) is 8.45. The molecule has 21 heavy (non-hydrogen) atoms. The number of nitrogens with one attached hydrogen (secondary N) is 2. The van der Waals surface area contributed by atoms with E-state index in [2.05, 4.69) is 10.6 Å². The number of carbonyl (C=O) groups excluding carboxylic acids is 3. The smallest absolute Gasteiger partial charge is 0.312 e. The van der Waals surface area contributed by atoms with E-state index in [4.69, 9.17) is 7.10 Å². The minimum Gasteiger partial charge on any atom is -0.352 e. The number of likely N-dealkylation sites (N-methyl/N-ethyl adjacent to an activating group) is 1. The lowest BCUT2D eigenvalue weighted by Gasteiger charge is -2.22. The van der Waals surface area contributed by atoms with Crippen LogP contribution in [-0.4, -0.2) is 36.7 Å². The molecule has 0 aromatic carbocycles. The first-order valence-corrected chi connectivity index (χ1v) is 7.44. The van der Waals surface area contributed by atoms with Crippen LogP contribution in [0.15, 0.2) is 0 Å². The first-order valence-electron chi connectivity index (χ1n) is 8.15. The summed E-state index contributed by atoms with van der Waals surface area (Å²) < 4.78 is 7.24. The van der Waals surface area contributed by atoms with Gasteiger partial charge in [0, 0.05) is 20.3 Å². The van der Waals surface area contributed by atoms with Crippen LogP contribution in [0.5, 0.6) is 0 Å². The highest BCUT2D eigenvalue weighted by atomic mass is 16.2. The molecular formula is C15H29N3O3. The van der Waals surface area contributed by atoms with Crippen LogP contribution in [0.1, 0.15) is 48.3 Å². The van der Waals surface area contributed by atoms with Gasteiger partial charge >= 0.3 is 6.03 Å². The second kappa shape index (κ2) is 10.3. The summed E-state index contributed by atoms with van der Waals surface area (Å²) in [5.74, 6) is -0.534. The van der Waals surface area contributed by atoms with E-state index in [1.807, 2.05) is 20.8 Å². The first kappa shape index (κ1) is 17.6. The van der Waals surface area contributed by atoms with Crippen molar-refractivity contribution >= 4 is 17.6 Å². The van der Waals surface area contributed by atoms with Gasteiger partial charge in [-0.25, -0.2) is 4.79 Å². The molecule has 0 aliphatic rings. The third-order valence-electron chi connectivity index (χ3n) is 3.37. The Balaban J connectivity index is 4.59. The molecule has 0 spiro atoms. The molecule has 0 fully saturated rings. The second-order valence-corrected chi connectivity index (χ2v) is 5.55. The van der Waals surface area contributed by atoms with Gasteiger partial charge < -0.3 is 16.4 Å². The predicted molar refractivity (Wildman–Crippen MR) is 82.9 cm³/mol. The van der Waals surface area contributed by atoms with Crippen molar-refractivity contribution in [1.82, 2.24) is 10.6 Å². The number of amides is 2. The number of nitrogens with two attached hydrogens (primary N) is 1. The Hall–Kier alpha value is -1.43. The molecule has 2 atom stereocenters. The Morgan fingerprint density at radius 3 is 2.43 bits per heavy atom. The fraction of sp³-hybridized carbons (Fsp3) is 0.800. The van der Waals surface area contributed by atoms with Crippen molar-refractivity contribution < 1.29 is 15.8 Å². The Bertz CT molecular complexity index is 375. The SMILES string of the molecule is [2H]CC(=O)[C@H](CCCNC(N)=O)CC(=O)[C@@H](NCC)C(C)C.